The normalized spacial score (nSPS) is 34.8. The summed E-state index contributed by atoms with van der Waals surface area (Å²) in [5.41, 5.74) is -1.08. The number of aldehydes is 1. The number of nitrogens with zero attached hydrogens (tertiary/aromatic N) is 1. The molecule has 3 unspecified atom stereocenters. The number of carbonyl (C=O) groups excluding carboxylic acids is 2. The average Bonchev–Trinajstić information content (AvgIpc) is 2.66. The van der Waals surface area contributed by atoms with Crippen LogP contribution in [-0.4, -0.2) is 45.7 Å². The van der Waals surface area contributed by atoms with Crippen molar-refractivity contribution in [2.45, 2.75) is 69.7 Å². The first-order valence-corrected chi connectivity index (χ1v) is 6.43. The van der Waals surface area contributed by atoms with Crippen molar-refractivity contribution in [3.8, 4) is 0 Å². The molecule has 2 bridgehead atoms. The lowest BCUT2D eigenvalue weighted by atomic mass is 9.84. The molecule has 2 aliphatic heterocycles. The number of rotatable bonds is 2. The van der Waals surface area contributed by atoms with Gasteiger partial charge < -0.3 is 14.6 Å². The van der Waals surface area contributed by atoms with Gasteiger partial charge in [0.15, 0.2) is 0 Å². The van der Waals surface area contributed by atoms with Gasteiger partial charge in [0.25, 0.3) is 0 Å². The summed E-state index contributed by atoms with van der Waals surface area (Å²) in [5.74, 6) is 0. The highest BCUT2D eigenvalue weighted by atomic mass is 16.6. The van der Waals surface area contributed by atoms with Crippen LogP contribution in [-0.2, 0) is 9.53 Å². The van der Waals surface area contributed by atoms with Gasteiger partial charge in [-0.1, -0.05) is 0 Å². The number of hydrogen-bond donors (Lipinski definition) is 1. The lowest BCUT2D eigenvalue weighted by Crippen LogP contribution is -2.47. The summed E-state index contributed by atoms with van der Waals surface area (Å²) < 4.78 is 5.38. The molecule has 2 heterocycles. The quantitative estimate of drug-likeness (QED) is 0.759. The predicted octanol–water partition coefficient (Wildman–Crippen LogP) is 1.48. The molecule has 2 saturated heterocycles. The van der Waals surface area contributed by atoms with Gasteiger partial charge in [-0.25, -0.2) is 4.79 Å². The van der Waals surface area contributed by atoms with E-state index in [0.29, 0.717) is 6.42 Å². The van der Waals surface area contributed by atoms with Crippen LogP contribution in [0, 0.1) is 0 Å². The van der Waals surface area contributed by atoms with Gasteiger partial charge in [0, 0.05) is 6.42 Å². The van der Waals surface area contributed by atoms with Crippen LogP contribution in [0.2, 0.25) is 0 Å². The Bertz CT molecular complexity index is 362. The van der Waals surface area contributed by atoms with E-state index in [2.05, 4.69) is 0 Å². The molecule has 0 aromatic rings. The number of hydrogen-bond acceptors (Lipinski definition) is 4. The molecule has 0 spiro atoms. The zero-order chi connectivity index (χ0) is 13.6. The molecule has 0 aliphatic carbocycles. The largest absolute Gasteiger partial charge is 0.444 e. The Hall–Kier alpha value is -1.10. The van der Waals surface area contributed by atoms with Gasteiger partial charge in [-0.15, -0.1) is 0 Å². The first-order chi connectivity index (χ1) is 8.29. The molecular weight excluding hydrogens is 234 g/mol. The van der Waals surface area contributed by atoms with E-state index in [0.717, 1.165) is 19.1 Å². The second-order valence-corrected chi connectivity index (χ2v) is 6.32. The van der Waals surface area contributed by atoms with Crippen molar-refractivity contribution in [3.05, 3.63) is 0 Å². The molecule has 2 aliphatic rings. The monoisotopic (exact) mass is 255 g/mol. The summed E-state index contributed by atoms with van der Waals surface area (Å²) in [6.07, 6.45) is 2.16. The van der Waals surface area contributed by atoms with E-state index in [4.69, 9.17) is 4.74 Å². The summed E-state index contributed by atoms with van der Waals surface area (Å²) in [6.45, 7) is 5.43. The van der Waals surface area contributed by atoms with Crippen molar-refractivity contribution < 1.29 is 19.4 Å². The number of aliphatic hydroxyl groups excluding tert-OH is 1. The zero-order valence-corrected chi connectivity index (χ0v) is 11.2. The van der Waals surface area contributed by atoms with Crippen molar-refractivity contribution in [2.75, 3.05) is 0 Å². The second-order valence-electron chi connectivity index (χ2n) is 6.32. The van der Waals surface area contributed by atoms with E-state index in [9.17, 15) is 14.7 Å². The van der Waals surface area contributed by atoms with Crippen molar-refractivity contribution in [1.82, 2.24) is 4.90 Å². The van der Waals surface area contributed by atoms with Gasteiger partial charge in [0.2, 0.25) is 0 Å². The molecule has 5 nitrogen and oxygen atoms in total. The number of amides is 1. The zero-order valence-electron chi connectivity index (χ0n) is 11.2. The third-order valence-corrected chi connectivity index (χ3v) is 3.83. The van der Waals surface area contributed by atoms with Gasteiger partial charge in [0.1, 0.15) is 11.9 Å². The van der Waals surface area contributed by atoms with Crippen LogP contribution >= 0.6 is 0 Å². The summed E-state index contributed by atoms with van der Waals surface area (Å²) in [4.78, 5) is 24.7. The molecule has 5 heteroatoms. The van der Waals surface area contributed by atoms with Crippen molar-refractivity contribution in [2.24, 2.45) is 0 Å². The molecule has 1 amide bonds. The maximum Gasteiger partial charge on any atom is 0.411 e. The van der Waals surface area contributed by atoms with Crippen molar-refractivity contribution in [1.29, 1.82) is 0 Å². The van der Waals surface area contributed by atoms with Crippen LogP contribution < -0.4 is 0 Å². The van der Waals surface area contributed by atoms with Gasteiger partial charge in [-0.3, -0.25) is 4.90 Å². The summed E-state index contributed by atoms with van der Waals surface area (Å²) >= 11 is 0. The Balaban J connectivity index is 2.20. The fraction of sp³-hybridized carbons (Fsp3) is 0.846. The molecular formula is C13H21NO4. The highest BCUT2D eigenvalue weighted by Gasteiger charge is 2.58. The van der Waals surface area contributed by atoms with Gasteiger partial charge >= 0.3 is 6.09 Å². The first kappa shape index (κ1) is 13.3. The number of fused-ring (bicyclic) bond motifs is 2. The van der Waals surface area contributed by atoms with Crippen LogP contribution in [0.1, 0.15) is 46.5 Å². The molecule has 0 radical (unpaired) electrons. The third kappa shape index (κ3) is 2.11. The first-order valence-electron chi connectivity index (χ1n) is 6.43. The van der Waals surface area contributed by atoms with Crippen LogP contribution in [0.4, 0.5) is 4.79 Å². The Morgan fingerprint density at radius 1 is 1.56 bits per heavy atom. The van der Waals surface area contributed by atoms with Gasteiger partial charge in [0.05, 0.1) is 17.7 Å². The molecule has 0 aromatic carbocycles. The Morgan fingerprint density at radius 2 is 2.22 bits per heavy atom. The fourth-order valence-corrected chi connectivity index (χ4v) is 3.19. The Kier molecular flexibility index (Phi) is 3.13. The van der Waals surface area contributed by atoms with Gasteiger partial charge in [-0.05, 0) is 40.0 Å². The van der Waals surface area contributed by atoms with Gasteiger partial charge in [-0.2, -0.15) is 0 Å². The molecule has 3 atom stereocenters. The molecule has 102 valence electrons. The summed E-state index contributed by atoms with van der Waals surface area (Å²) in [6, 6.07) is -0.195. The molecule has 1 N–H and O–H groups in total. The Morgan fingerprint density at radius 3 is 2.72 bits per heavy atom. The lowest BCUT2D eigenvalue weighted by Gasteiger charge is -2.34. The van der Waals surface area contributed by atoms with Crippen molar-refractivity contribution in [3.63, 3.8) is 0 Å². The maximum absolute atomic E-state index is 12.2. The van der Waals surface area contributed by atoms with E-state index < -0.39 is 23.3 Å². The van der Waals surface area contributed by atoms with E-state index >= 15 is 0 Å². The molecule has 18 heavy (non-hydrogen) atoms. The Labute approximate surface area is 107 Å². The van der Waals surface area contributed by atoms with Crippen LogP contribution in [0.5, 0.6) is 0 Å². The lowest BCUT2D eigenvalue weighted by molar-refractivity contribution is -0.109. The molecule has 0 saturated carbocycles. The highest BCUT2D eigenvalue weighted by Crippen LogP contribution is 2.48. The molecule has 2 fully saturated rings. The summed E-state index contributed by atoms with van der Waals surface area (Å²) in [7, 11) is 0. The topological polar surface area (TPSA) is 66.8 Å². The number of aliphatic hydroxyl groups is 1. The van der Waals surface area contributed by atoms with E-state index in [1.165, 1.54) is 0 Å². The summed E-state index contributed by atoms with van der Waals surface area (Å²) in [5, 5.41) is 9.96. The minimum Gasteiger partial charge on any atom is -0.444 e. The standard InChI is InChI=1S/C13H21NO4/c1-12(2,3)18-11(17)14-9-4-5-13(14,6-7-15)8-10(9)16/h7,9-10,16H,4-6,8H2,1-3H3. The maximum atomic E-state index is 12.2. The number of ether oxygens (including phenoxy) is 1. The third-order valence-electron chi connectivity index (χ3n) is 3.83. The average molecular weight is 255 g/mol. The van der Waals surface area contributed by atoms with E-state index in [-0.39, 0.29) is 12.5 Å². The SMILES string of the molecule is CC(C)(C)OC(=O)N1C2CCC1(CC=O)CC2O. The minimum atomic E-state index is -0.563. The van der Waals surface area contributed by atoms with Crippen molar-refractivity contribution >= 4 is 12.4 Å². The van der Waals surface area contributed by atoms with Crippen LogP contribution in [0.15, 0.2) is 0 Å². The number of carbonyl (C=O) groups is 2. The second kappa shape index (κ2) is 4.23. The van der Waals surface area contributed by atoms with E-state index in [1.807, 2.05) is 20.8 Å². The fourth-order valence-electron chi connectivity index (χ4n) is 3.19. The highest BCUT2D eigenvalue weighted by molar-refractivity contribution is 5.72. The van der Waals surface area contributed by atoms with E-state index in [1.54, 1.807) is 4.90 Å². The molecule has 0 aromatic heterocycles. The van der Waals surface area contributed by atoms with Crippen LogP contribution in [0.25, 0.3) is 0 Å². The minimum absolute atomic E-state index is 0.195. The smallest absolute Gasteiger partial charge is 0.411 e. The van der Waals surface area contributed by atoms with Crippen LogP contribution in [0.3, 0.4) is 0 Å². The predicted molar refractivity (Wildman–Crippen MR) is 65.1 cm³/mol. The molecule has 2 rings (SSSR count).